The summed E-state index contributed by atoms with van der Waals surface area (Å²) < 4.78 is 48.8. The van der Waals surface area contributed by atoms with Gasteiger partial charge in [-0.1, -0.05) is 6.92 Å². The zero-order chi connectivity index (χ0) is 20.5. The zero-order valence-corrected chi connectivity index (χ0v) is 15.6. The highest BCUT2D eigenvalue weighted by Gasteiger charge is 2.35. The van der Waals surface area contributed by atoms with E-state index < -0.39 is 17.7 Å². The van der Waals surface area contributed by atoms with Crippen LogP contribution in [0.15, 0.2) is 41.4 Å². The Morgan fingerprint density at radius 2 is 1.71 bits per heavy atom. The topological polar surface area (TPSA) is 59.9 Å². The van der Waals surface area contributed by atoms with Crippen molar-refractivity contribution in [2.45, 2.75) is 25.4 Å². The summed E-state index contributed by atoms with van der Waals surface area (Å²) in [6.45, 7) is 1.84. The number of amides is 1. The van der Waals surface area contributed by atoms with Gasteiger partial charge in [0.15, 0.2) is 11.5 Å². The van der Waals surface area contributed by atoms with Crippen LogP contribution < -0.4 is 14.8 Å². The van der Waals surface area contributed by atoms with Gasteiger partial charge < -0.3 is 14.8 Å². The fourth-order valence-corrected chi connectivity index (χ4v) is 3.16. The number of alkyl halides is 3. The maximum Gasteiger partial charge on any atom is 0.416 e. The highest BCUT2D eigenvalue weighted by Crippen LogP contribution is 2.42. The number of nitrogens with one attached hydrogen (secondary N) is 1. The second-order valence-electron chi connectivity index (χ2n) is 6.22. The van der Waals surface area contributed by atoms with Crippen LogP contribution >= 0.6 is 0 Å². The lowest BCUT2D eigenvalue weighted by molar-refractivity contribution is -0.137. The molecule has 5 nitrogen and oxygen atoms in total. The average molecular weight is 392 g/mol. The number of rotatable bonds is 5. The van der Waals surface area contributed by atoms with E-state index in [1.54, 1.807) is 12.1 Å². The Morgan fingerprint density at radius 3 is 2.25 bits per heavy atom. The number of aliphatic imine (C=N–C) groups is 1. The van der Waals surface area contributed by atoms with E-state index in [1.165, 1.54) is 26.4 Å². The molecular weight excluding hydrogens is 373 g/mol. The fourth-order valence-electron chi connectivity index (χ4n) is 3.16. The summed E-state index contributed by atoms with van der Waals surface area (Å²) in [7, 11) is 3.00. The third-order valence-electron chi connectivity index (χ3n) is 4.55. The number of carbonyl (C=O) groups excluding carboxylic acids is 1. The number of halogens is 3. The highest BCUT2D eigenvalue weighted by molar-refractivity contribution is 6.19. The second-order valence-corrected chi connectivity index (χ2v) is 6.22. The van der Waals surface area contributed by atoms with Gasteiger partial charge in [-0.15, -0.1) is 0 Å². The third kappa shape index (κ3) is 3.67. The van der Waals surface area contributed by atoms with Gasteiger partial charge in [-0.3, -0.25) is 9.79 Å². The van der Waals surface area contributed by atoms with Crippen LogP contribution in [0.2, 0.25) is 0 Å². The predicted molar refractivity (Wildman–Crippen MR) is 99.7 cm³/mol. The van der Waals surface area contributed by atoms with E-state index in [1.807, 2.05) is 6.92 Å². The lowest BCUT2D eigenvalue weighted by atomic mass is 9.93. The van der Waals surface area contributed by atoms with Gasteiger partial charge in [0.2, 0.25) is 5.91 Å². The van der Waals surface area contributed by atoms with Gasteiger partial charge in [-0.2, -0.15) is 13.2 Å². The minimum Gasteiger partial charge on any atom is -0.493 e. The van der Waals surface area contributed by atoms with Crippen LogP contribution in [0, 0.1) is 0 Å². The van der Waals surface area contributed by atoms with Gasteiger partial charge in [-0.25, -0.2) is 0 Å². The quantitative estimate of drug-likeness (QED) is 0.733. The number of benzene rings is 2. The fraction of sp³-hybridized carbons (Fsp3) is 0.300. The predicted octanol–water partition coefficient (Wildman–Crippen LogP) is 4.94. The van der Waals surface area contributed by atoms with Crippen LogP contribution in [0.1, 0.15) is 30.4 Å². The molecule has 0 fully saturated rings. The molecule has 2 aromatic carbocycles. The van der Waals surface area contributed by atoms with Crippen LogP contribution in [0.5, 0.6) is 11.5 Å². The number of hydrogen-bond donors (Lipinski definition) is 1. The minimum atomic E-state index is -4.41. The summed E-state index contributed by atoms with van der Waals surface area (Å²) >= 11 is 0. The van der Waals surface area contributed by atoms with Crippen molar-refractivity contribution >= 4 is 23.0 Å². The van der Waals surface area contributed by atoms with E-state index in [0.717, 1.165) is 12.1 Å². The first-order valence-electron chi connectivity index (χ1n) is 8.60. The van der Waals surface area contributed by atoms with Crippen LogP contribution in [0.25, 0.3) is 0 Å². The van der Waals surface area contributed by atoms with Crippen molar-refractivity contribution in [1.29, 1.82) is 0 Å². The highest BCUT2D eigenvalue weighted by atomic mass is 19.4. The number of hydrogen-bond acceptors (Lipinski definition) is 4. The number of carbonyl (C=O) groups is 1. The molecule has 2 aromatic rings. The van der Waals surface area contributed by atoms with Gasteiger partial charge in [-0.05, 0) is 42.3 Å². The molecule has 0 aromatic heterocycles. The van der Waals surface area contributed by atoms with Crippen molar-refractivity contribution in [2.75, 3.05) is 19.5 Å². The molecule has 148 valence electrons. The first kappa shape index (κ1) is 19.7. The van der Waals surface area contributed by atoms with Crippen molar-refractivity contribution in [3.05, 3.63) is 47.5 Å². The molecule has 3 rings (SSSR count). The molecule has 1 aliphatic rings. The second kappa shape index (κ2) is 7.53. The standard InChI is InChI=1S/C20H19F3N2O3/c1-4-14(24-12-7-5-11(6-8-12)20(21,22)23)18-13-9-16(27-2)17(28-3)10-15(13)25-19(18)26/h5-10,18H,4H2,1-3H3,(H,25,26). The lowest BCUT2D eigenvalue weighted by Gasteiger charge is -2.14. The number of ether oxygens (including phenoxy) is 2. The Balaban J connectivity index is 2.00. The first-order valence-corrected chi connectivity index (χ1v) is 8.60. The van der Waals surface area contributed by atoms with Gasteiger partial charge in [0.05, 0.1) is 25.5 Å². The number of nitrogens with zero attached hydrogens (tertiary/aromatic N) is 1. The van der Waals surface area contributed by atoms with Crippen LogP contribution in [-0.4, -0.2) is 25.8 Å². The van der Waals surface area contributed by atoms with E-state index in [9.17, 15) is 18.0 Å². The van der Waals surface area contributed by atoms with Crippen LogP contribution in [0.4, 0.5) is 24.5 Å². The third-order valence-corrected chi connectivity index (χ3v) is 4.55. The summed E-state index contributed by atoms with van der Waals surface area (Å²) in [5, 5.41) is 2.80. The first-order chi connectivity index (χ1) is 13.3. The van der Waals surface area contributed by atoms with E-state index >= 15 is 0 Å². The number of anilines is 1. The maximum atomic E-state index is 12.7. The molecule has 0 saturated carbocycles. The largest absolute Gasteiger partial charge is 0.493 e. The van der Waals surface area contributed by atoms with E-state index in [4.69, 9.17) is 9.47 Å². The Kier molecular flexibility index (Phi) is 5.31. The molecule has 0 spiro atoms. The van der Waals surface area contributed by atoms with Crippen LogP contribution in [-0.2, 0) is 11.0 Å². The molecule has 0 aliphatic carbocycles. The van der Waals surface area contributed by atoms with Gasteiger partial charge in [0.1, 0.15) is 5.92 Å². The van der Waals surface area contributed by atoms with E-state index in [0.29, 0.717) is 40.6 Å². The van der Waals surface area contributed by atoms with Gasteiger partial charge in [0, 0.05) is 17.5 Å². The smallest absolute Gasteiger partial charge is 0.416 e. The molecule has 8 heteroatoms. The van der Waals surface area contributed by atoms with Crippen molar-refractivity contribution in [2.24, 2.45) is 4.99 Å². The molecule has 1 N–H and O–H groups in total. The zero-order valence-electron chi connectivity index (χ0n) is 15.6. The van der Waals surface area contributed by atoms with Crippen molar-refractivity contribution in [3.63, 3.8) is 0 Å². The molecule has 0 saturated heterocycles. The summed E-state index contributed by atoms with van der Waals surface area (Å²) in [6, 6.07) is 7.93. The Hall–Kier alpha value is -3.03. The average Bonchev–Trinajstić information content (AvgIpc) is 2.99. The summed E-state index contributed by atoms with van der Waals surface area (Å²) in [5.41, 5.74) is 1.44. The molecule has 1 aliphatic heterocycles. The van der Waals surface area contributed by atoms with Crippen molar-refractivity contribution in [1.82, 2.24) is 0 Å². The van der Waals surface area contributed by atoms with Crippen molar-refractivity contribution in [3.8, 4) is 11.5 Å². The molecule has 1 amide bonds. The summed E-state index contributed by atoms with van der Waals surface area (Å²) in [4.78, 5) is 17.0. The monoisotopic (exact) mass is 392 g/mol. The molecule has 28 heavy (non-hydrogen) atoms. The Labute approximate surface area is 160 Å². The van der Waals surface area contributed by atoms with Gasteiger partial charge >= 0.3 is 6.18 Å². The Bertz CT molecular complexity index is 922. The van der Waals surface area contributed by atoms with Gasteiger partial charge in [0.25, 0.3) is 0 Å². The Morgan fingerprint density at radius 1 is 1.11 bits per heavy atom. The van der Waals surface area contributed by atoms with E-state index in [-0.39, 0.29) is 5.91 Å². The van der Waals surface area contributed by atoms with Crippen molar-refractivity contribution < 1.29 is 27.4 Å². The molecular formula is C20H19F3N2O3. The number of methoxy groups -OCH3 is 2. The molecule has 0 bridgehead atoms. The van der Waals surface area contributed by atoms with Crippen LogP contribution in [0.3, 0.4) is 0 Å². The maximum absolute atomic E-state index is 12.7. The molecule has 1 atom stereocenters. The normalized spacial score (nSPS) is 16.6. The lowest BCUT2D eigenvalue weighted by Crippen LogP contribution is -2.20. The van der Waals surface area contributed by atoms with E-state index in [2.05, 4.69) is 10.3 Å². The summed E-state index contributed by atoms with van der Waals surface area (Å²) in [6.07, 6.45) is -3.96. The summed E-state index contributed by atoms with van der Waals surface area (Å²) in [5.74, 6) is 0.0626. The minimum absolute atomic E-state index is 0.252. The SMILES string of the molecule is CCC(=Nc1ccc(C(F)(F)F)cc1)C1C(=O)Nc2cc(OC)c(OC)cc21. The molecule has 1 heterocycles. The molecule has 0 radical (unpaired) electrons. The number of fused-ring (bicyclic) bond motifs is 1. The molecule has 1 unspecified atom stereocenters.